The first-order valence-electron chi connectivity index (χ1n) is 4.28. The fraction of sp³-hybridized carbons (Fsp3) is 0.400. The smallest absolute Gasteiger partial charge is 0.153 e. The van der Waals surface area contributed by atoms with Crippen LogP contribution in [0, 0.1) is 6.92 Å². The zero-order valence-electron chi connectivity index (χ0n) is 7.64. The number of aliphatic hydroxyl groups is 2. The van der Waals surface area contributed by atoms with E-state index < -0.39 is 6.29 Å². The Hall–Kier alpha value is -0.900. The van der Waals surface area contributed by atoms with Gasteiger partial charge in [-0.25, -0.2) is 0 Å². The molecule has 0 aliphatic rings. The highest BCUT2D eigenvalue weighted by molar-refractivity contribution is 5.23. The summed E-state index contributed by atoms with van der Waals surface area (Å²) in [6.45, 7) is 2.00. The average molecular weight is 181 g/mol. The Morgan fingerprint density at radius 2 is 1.77 bits per heavy atom. The first-order chi connectivity index (χ1) is 6.09. The molecular weight excluding hydrogens is 166 g/mol. The predicted molar refractivity (Wildman–Crippen MR) is 51.0 cm³/mol. The molecule has 1 aromatic carbocycles. The molecule has 0 spiro atoms. The summed E-state index contributed by atoms with van der Waals surface area (Å²) in [6.07, 6.45) is -1.17. The Labute approximate surface area is 77.8 Å². The third-order valence-electron chi connectivity index (χ3n) is 1.97. The molecule has 0 heterocycles. The Bertz CT molecular complexity index is 256. The van der Waals surface area contributed by atoms with Crippen molar-refractivity contribution in [3.05, 3.63) is 35.4 Å². The molecule has 0 amide bonds. The van der Waals surface area contributed by atoms with Gasteiger partial charge in [-0.05, 0) is 12.5 Å². The second kappa shape index (κ2) is 4.37. The van der Waals surface area contributed by atoms with Crippen LogP contribution in [0.15, 0.2) is 24.3 Å². The van der Waals surface area contributed by atoms with E-state index in [1.54, 1.807) is 0 Å². The van der Waals surface area contributed by atoms with Gasteiger partial charge in [0.1, 0.15) is 0 Å². The van der Waals surface area contributed by atoms with Crippen LogP contribution in [-0.4, -0.2) is 16.5 Å². The van der Waals surface area contributed by atoms with Gasteiger partial charge >= 0.3 is 0 Å². The molecule has 0 fully saturated rings. The van der Waals surface area contributed by atoms with E-state index in [-0.39, 0.29) is 12.5 Å². The van der Waals surface area contributed by atoms with Crippen molar-refractivity contribution in [1.29, 1.82) is 0 Å². The van der Waals surface area contributed by atoms with E-state index in [1.165, 1.54) is 5.56 Å². The van der Waals surface area contributed by atoms with Crippen LogP contribution in [0.25, 0.3) is 0 Å². The molecule has 1 rings (SSSR count). The van der Waals surface area contributed by atoms with Gasteiger partial charge in [0, 0.05) is 12.5 Å². The molecule has 0 aromatic heterocycles. The quantitative estimate of drug-likeness (QED) is 0.601. The predicted octanol–water partition coefficient (Wildman–Crippen LogP) is 0.696. The molecule has 0 aliphatic heterocycles. The highest BCUT2D eigenvalue weighted by atomic mass is 16.5. The zero-order chi connectivity index (χ0) is 9.84. The molecule has 72 valence electrons. The van der Waals surface area contributed by atoms with E-state index in [0.29, 0.717) is 0 Å². The molecular formula is C10H15NO2. The molecule has 1 atom stereocenters. The highest BCUT2D eigenvalue weighted by Crippen LogP contribution is 2.15. The summed E-state index contributed by atoms with van der Waals surface area (Å²) >= 11 is 0. The van der Waals surface area contributed by atoms with Crippen LogP contribution in [0.2, 0.25) is 0 Å². The molecule has 13 heavy (non-hydrogen) atoms. The lowest BCUT2D eigenvalue weighted by atomic mass is 10.0. The third kappa shape index (κ3) is 3.14. The minimum Gasteiger partial charge on any atom is -0.368 e. The van der Waals surface area contributed by atoms with Crippen molar-refractivity contribution in [2.45, 2.75) is 25.7 Å². The number of rotatable bonds is 3. The molecule has 0 bridgehead atoms. The maximum atomic E-state index is 8.71. The van der Waals surface area contributed by atoms with Crippen molar-refractivity contribution >= 4 is 0 Å². The largest absolute Gasteiger partial charge is 0.368 e. The molecule has 1 aromatic rings. The fourth-order valence-corrected chi connectivity index (χ4v) is 1.18. The van der Waals surface area contributed by atoms with Crippen molar-refractivity contribution in [1.82, 2.24) is 0 Å². The standard InChI is InChI=1S/C10H15NO2/c1-7-2-4-8(5-3-7)9(11)6-10(12)13/h2-5,9-10,12-13H,6,11H2,1H3/t9-/m1/s1. The van der Waals surface area contributed by atoms with E-state index in [1.807, 2.05) is 31.2 Å². The SMILES string of the molecule is Cc1ccc([C@H](N)CC(O)O)cc1. The summed E-state index contributed by atoms with van der Waals surface area (Å²) in [5.74, 6) is 0. The van der Waals surface area contributed by atoms with Crippen molar-refractivity contribution in [3.8, 4) is 0 Å². The van der Waals surface area contributed by atoms with Crippen LogP contribution in [0.3, 0.4) is 0 Å². The third-order valence-corrected chi connectivity index (χ3v) is 1.97. The Kier molecular flexibility index (Phi) is 3.42. The van der Waals surface area contributed by atoms with Crippen molar-refractivity contribution in [3.63, 3.8) is 0 Å². The van der Waals surface area contributed by atoms with E-state index in [4.69, 9.17) is 15.9 Å². The highest BCUT2D eigenvalue weighted by Gasteiger charge is 2.09. The summed E-state index contributed by atoms with van der Waals surface area (Å²) in [7, 11) is 0. The van der Waals surface area contributed by atoms with Crippen LogP contribution >= 0.6 is 0 Å². The van der Waals surface area contributed by atoms with Gasteiger partial charge in [-0.2, -0.15) is 0 Å². The summed E-state index contributed by atoms with van der Waals surface area (Å²) < 4.78 is 0. The lowest BCUT2D eigenvalue weighted by molar-refractivity contribution is -0.0494. The Balaban J connectivity index is 2.66. The number of benzene rings is 1. The summed E-state index contributed by atoms with van der Waals surface area (Å²) in [4.78, 5) is 0. The lowest BCUT2D eigenvalue weighted by Gasteiger charge is -2.13. The molecule has 0 radical (unpaired) electrons. The van der Waals surface area contributed by atoms with Crippen molar-refractivity contribution in [2.75, 3.05) is 0 Å². The second-order valence-corrected chi connectivity index (χ2v) is 3.23. The first kappa shape index (κ1) is 10.2. The van der Waals surface area contributed by atoms with Gasteiger partial charge in [-0.3, -0.25) is 0 Å². The van der Waals surface area contributed by atoms with E-state index >= 15 is 0 Å². The summed E-state index contributed by atoms with van der Waals surface area (Å²) in [5.41, 5.74) is 7.82. The van der Waals surface area contributed by atoms with Gasteiger partial charge in [0.25, 0.3) is 0 Å². The van der Waals surface area contributed by atoms with Gasteiger partial charge < -0.3 is 15.9 Å². The van der Waals surface area contributed by atoms with Gasteiger partial charge in [0.05, 0.1) is 0 Å². The number of aliphatic hydroxyl groups excluding tert-OH is 1. The zero-order valence-corrected chi connectivity index (χ0v) is 7.64. The first-order valence-corrected chi connectivity index (χ1v) is 4.28. The Morgan fingerprint density at radius 3 is 2.23 bits per heavy atom. The van der Waals surface area contributed by atoms with Crippen LogP contribution in [-0.2, 0) is 0 Å². The van der Waals surface area contributed by atoms with Crippen LogP contribution in [0.4, 0.5) is 0 Å². The second-order valence-electron chi connectivity index (χ2n) is 3.23. The normalized spacial score (nSPS) is 13.3. The molecule has 4 N–H and O–H groups in total. The topological polar surface area (TPSA) is 66.5 Å². The van der Waals surface area contributed by atoms with E-state index in [9.17, 15) is 0 Å². The van der Waals surface area contributed by atoms with Crippen LogP contribution in [0.1, 0.15) is 23.6 Å². The van der Waals surface area contributed by atoms with Gasteiger partial charge in [0.15, 0.2) is 6.29 Å². The van der Waals surface area contributed by atoms with Gasteiger partial charge in [-0.1, -0.05) is 29.8 Å². The molecule has 0 saturated heterocycles. The monoisotopic (exact) mass is 181 g/mol. The van der Waals surface area contributed by atoms with Crippen molar-refractivity contribution in [2.24, 2.45) is 5.73 Å². The van der Waals surface area contributed by atoms with Gasteiger partial charge in [-0.15, -0.1) is 0 Å². The maximum Gasteiger partial charge on any atom is 0.153 e. The van der Waals surface area contributed by atoms with Crippen molar-refractivity contribution < 1.29 is 10.2 Å². The minimum atomic E-state index is -1.34. The summed E-state index contributed by atoms with van der Waals surface area (Å²) in [6, 6.07) is 7.42. The van der Waals surface area contributed by atoms with Gasteiger partial charge in [0.2, 0.25) is 0 Å². The Morgan fingerprint density at radius 1 is 1.23 bits per heavy atom. The van der Waals surface area contributed by atoms with E-state index in [2.05, 4.69) is 0 Å². The van der Waals surface area contributed by atoms with Crippen LogP contribution < -0.4 is 5.73 Å². The maximum absolute atomic E-state index is 8.71. The molecule has 0 unspecified atom stereocenters. The average Bonchev–Trinajstić information content (AvgIpc) is 2.04. The van der Waals surface area contributed by atoms with Crippen LogP contribution in [0.5, 0.6) is 0 Å². The lowest BCUT2D eigenvalue weighted by Crippen LogP contribution is -2.18. The minimum absolute atomic E-state index is 0.170. The summed E-state index contributed by atoms with van der Waals surface area (Å²) in [5, 5.41) is 17.4. The number of aryl methyl sites for hydroxylation is 1. The number of nitrogens with two attached hydrogens (primary N) is 1. The molecule has 3 heteroatoms. The fourth-order valence-electron chi connectivity index (χ4n) is 1.18. The number of hydrogen-bond donors (Lipinski definition) is 3. The van der Waals surface area contributed by atoms with E-state index in [0.717, 1.165) is 5.56 Å². The molecule has 0 saturated carbocycles. The molecule has 3 nitrogen and oxygen atoms in total. The molecule has 0 aliphatic carbocycles. The number of hydrogen-bond acceptors (Lipinski definition) is 3.